The normalized spacial score (nSPS) is 29.3. The third-order valence-corrected chi connectivity index (χ3v) is 7.22. The van der Waals surface area contributed by atoms with Crippen LogP contribution in [0.3, 0.4) is 0 Å². The summed E-state index contributed by atoms with van der Waals surface area (Å²) in [5.74, 6) is 2.87. The molecule has 2 aromatic heterocycles. The fourth-order valence-electron chi connectivity index (χ4n) is 5.65. The monoisotopic (exact) mass is 342 g/mol. The second-order valence-electron chi connectivity index (χ2n) is 8.88. The van der Waals surface area contributed by atoms with Crippen LogP contribution < -0.4 is 0 Å². The highest BCUT2D eigenvalue weighted by Crippen LogP contribution is 2.48. The number of aromatic nitrogens is 2. The maximum Gasteiger partial charge on any atom is 0.0567 e. The first-order valence-electron chi connectivity index (χ1n) is 10.4. The van der Waals surface area contributed by atoms with Gasteiger partial charge in [0.05, 0.1) is 11.2 Å². The Bertz CT molecular complexity index is 1000. The van der Waals surface area contributed by atoms with Gasteiger partial charge in [-0.25, -0.2) is 0 Å². The van der Waals surface area contributed by atoms with Crippen molar-refractivity contribution in [1.82, 2.24) is 9.55 Å². The van der Waals surface area contributed by atoms with Crippen molar-refractivity contribution in [2.45, 2.75) is 51.9 Å². The Morgan fingerprint density at radius 2 is 2.15 bits per heavy atom. The van der Waals surface area contributed by atoms with E-state index in [4.69, 9.17) is 0 Å². The zero-order chi connectivity index (χ0) is 17.3. The molecule has 0 N–H and O–H groups in total. The highest BCUT2D eigenvalue weighted by Gasteiger charge is 2.36. The molecular formula is C24H26N2. The Labute approximate surface area is 155 Å². The molecule has 3 atom stereocenters. The third kappa shape index (κ3) is 2.14. The molecule has 2 nitrogen and oxygen atoms in total. The number of allylic oxidation sites excluding steroid dienone is 6. The predicted molar refractivity (Wildman–Crippen MR) is 108 cm³/mol. The lowest BCUT2D eigenvalue weighted by Gasteiger charge is -2.27. The zero-order valence-electron chi connectivity index (χ0n) is 15.5. The van der Waals surface area contributed by atoms with Gasteiger partial charge in [-0.15, -0.1) is 0 Å². The van der Waals surface area contributed by atoms with E-state index in [0.29, 0.717) is 0 Å². The smallest absolute Gasteiger partial charge is 0.0567 e. The van der Waals surface area contributed by atoms with Crippen molar-refractivity contribution in [2.75, 3.05) is 0 Å². The minimum Gasteiger partial charge on any atom is -0.312 e. The van der Waals surface area contributed by atoms with Crippen LogP contribution >= 0.6 is 0 Å². The van der Waals surface area contributed by atoms with Crippen LogP contribution in [0.1, 0.15) is 56.7 Å². The maximum absolute atomic E-state index is 4.43. The molecule has 132 valence electrons. The van der Waals surface area contributed by atoms with Crippen LogP contribution in [0.25, 0.3) is 22.2 Å². The molecule has 1 saturated carbocycles. The van der Waals surface area contributed by atoms with Crippen molar-refractivity contribution in [3.63, 3.8) is 0 Å². The van der Waals surface area contributed by atoms with Gasteiger partial charge in [0.25, 0.3) is 0 Å². The van der Waals surface area contributed by atoms with E-state index in [2.05, 4.69) is 47.0 Å². The quantitative estimate of drug-likeness (QED) is 0.655. The van der Waals surface area contributed by atoms with Gasteiger partial charge < -0.3 is 4.57 Å². The van der Waals surface area contributed by atoms with Gasteiger partial charge >= 0.3 is 0 Å². The van der Waals surface area contributed by atoms with E-state index < -0.39 is 0 Å². The first-order valence-corrected chi connectivity index (χ1v) is 10.4. The van der Waals surface area contributed by atoms with Crippen LogP contribution in [0.15, 0.2) is 42.3 Å². The summed E-state index contributed by atoms with van der Waals surface area (Å²) in [6, 6.07) is 2.22. The lowest BCUT2D eigenvalue weighted by Crippen LogP contribution is -2.14. The average Bonchev–Trinajstić information content (AvgIpc) is 3.29. The van der Waals surface area contributed by atoms with E-state index in [-0.39, 0.29) is 0 Å². The Morgan fingerprint density at radius 3 is 3.04 bits per heavy atom. The van der Waals surface area contributed by atoms with Crippen LogP contribution in [-0.4, -0.2) is 9.55 Å². The molecule has 0 radical (unpaired) electrons. The minimum absolute atomic E-state index is 0.885. The fourth-order valence-corrected chi connectivity index (χ4v) is 5.65. The van der Waals surface area contributed by atoms with Gasteiger partial charge in [-0.05, 0) is 85.5 Å². The molecule has 1 fully saturated rings. The Hall–Kier alpha value is -2.09. The number of rotatable bonds is 2. The minimum atomic E-state index is 0.885. The molecule has 2 heteroatoms. The molecule has 26 heavy (non-hydrogen) atoms. The highest BCUT2D eigenvalue weighted by atomic mass is 15.0. The zero-order valence-corrected chi connectivity index (χ0v) is 15.5. The predicted octanol–water partition coefficient (Wildman–Crippen LogP) is 5.99. The summed E-state index contributed by atoms with van der Waals surface area (Å²) in [5.41, 5.74) is 8.89. The van der Waals surface area contributed by atoms with Gasteiger partial charge in [0, 0.05) is 23.5 Å². The van der Waals surface area contributed by atoms with Gasteiger partial charge in [0.1, 0.15) is 0 Å². The average molecular weight is 342 g/mol. The molecule has 0 saturated heterocycles. The van der Waals surface area contributed by atoms with Crippen LogP contribution in [0.4, 0.5) is 0 Å². The molecule has 0 bridgehead atoms. The lowest BCUT2D eigenvalue weighted by molar-refractivity contribution is 0.406. The van der Waals surface area contributed by atoms with Crippen molar-refractivity contribution < 1.29 is 0 Å². The number of hydrogen-bond acceptors (Lipinski definition) is 1. The van der Waals surface area contributed by atoms with Crippen molar-refractivity contribution in [3.8, 4) is 0 Å². The molecule has 1 aliphatic heterocycles. The van der Waals surface area contributed by atoms with Crippen molar-refractivity contribution >= 4 is 22.2 Å². The molecule has 0 aromatic carbocycles. The Morgan fingerprint density at radius 1 is 1.23 bits per heavy atom. The van der Waals surface area contributed by atoms with Gasteiger partial charge in [0.2, 0.25) is 0 Å². The standard InChI is InChI=1S/C24H26N2/c1-15-11-19(15)13-16-5-8-22-18(12-16)7-6-17-3-2-4-20-21-14-25-10-9-23(21)26(22)24(17)20/h3,6-7,9-10,14-16,19H,2,4-5,8,11-13H2,1H3/t15-,16?,19+/m1/s1. The molecule has 4 aliphatic rings. The van der Waals surface area contributed by atoms with Gasteiger partial charge in [-0.2, -0.15) is 0 Å². The molecule has 3 aliphatic carbocycles. The Kier molecular flexibility index (Phi) is 3.15. The fraction of sp³-hybridized carbons (Fsp3) is 0.458. The molecular weight excluding hydrogens is 316 g/mol. The molecule has 0 amide bonds. The molecule has 0 spiro atoms. The number of fused-ring (bicyclic) bond motifs is 4. The van der Waals surface area contributed by atoms with Gasteiger partial charge in [-0.3, -0.25) is 4.98 Å². The van der Waals surface area contributed by atoms with Crippen molar-refractivity contribution in [3.05, 3.63) is 53.5 Å². The summed E-state index contributed by atoms with van der Waals surface area (Å²) >= 11 is 0. The SMILES string of the molecule is C[C@@H]1C[C@H]1CC1CCC2=C(C=CC3=CCCc4c3n2c2ccncc42)C1. The van der Waals surface area contributed by atoms with Crippen LogP contribution in [-0.2, 0) is 6.42 Å². The molecule has 2 aromatic rings. The largest absolute Gasteiger partial charge is 0.312 e. The van der Waals surface area contributed by atoms with Crippen LogP contribution in [0, 0.1) is 17.8 Å². The summed E-state index contributed by atoms with van der Waals surface area (Å²) in [5, 5.41) is 1.36. The number of hydrogen-bond donors (Lipinski definition) is 0. The van der Waals surface area contributed by atoms with E-state index in [9.17, 15) is 0 Å². The number of pyridine rings is 1. The highest BCUT2D eigenvalue weighted by molar-refractivity contribution is 5.96. The van der Waals surface area contributed by atoms with Crippen LogP contribution in [0.2, 0.25) is 0 Å². The van der Waals surface area contributed by atoms with E-state index in [1.165, 1.54) is 59.8 Å². The lowest BCUT2D eigenvalue weighted by atomic mass is 9.83. The third-order valence-electron chi connectivity index (χ3n) is 7.22. The topological polar surface area (TPSA) is 17.8 Å². The summed E-state index contributed by atoms with van der Waals surface area (Å²) in [6.07, 6.45) is 20.4. The number of aryl methyl sites for hydroxylation is 1. The first-order chi connectivity index (χ1) is 12.8. The summed E-state index contributed by atoms with van der Waals surface area (Å²) in [4.78, 5) is 4.43. The van der Waals surface area contributed by atoms with E-state index in [1.807, 2.05) is 6.20 Å². The summed E-state index contributed by atoms with van der Waals surface area (Å²) < 4.78 is 2.60. The van der Waals surface area contributed by atoms with E-state index >= 15 is 0 Å². The second-order valence-corrected chi connectivity index (χ2v) is 8.88. The first kappa shape index (κ1) is 15.0. The molecule has 1 unspecified atom stereocenters. The maximum atomic E-state index is 4.43. The summed E-state index contributed by atoms with van der Waals surface area (Å²) in [7, 11) is 0. The van der Waals surface area contributed by atoms with Gasteiger partial charge in [0.15, 0.2) is 0 Å². The van der Waals surface area contributed by atoms with Crippen molar-refractivity contribution in [2.24, 2.45) is 17.8 Å². The molecule has 6 rings (SSSR count). The van der Waals surface area contributed by atoms with Crippen LogP contribution in [0.5, 0.6) is 0 Å². The Balaban J connectivity index is 1.50. The number of nitrogens with zero attached hydrogens (tertiary/aromatic N) is 2. The van der Waals surface area contributed by atoms with E-state index in [1.54, 1.807) is 11.3 Å². The summed E-state index contributed by atoms with van der Waals surface area (Å²) in [6.45, 7) is 2.42. The second kappa shape index (κ2) is 5.45. The van der Waals surface area contributed by atoms with Gasteiger partial charge in [-0.1, -0.05) is 25.2 Å². The van der Waals surface area contributed by atoms with E-state index in [0.717, 1.165) is 30.6 Å². The van der Waals surface area contributed by atoms with Crippen molar-refractivity contribution in [1.29, 1.82) is 0 Å². The molecule has 3 heterocycles.